The summed E-state index contributed by atoms with van der Waals surface area (Å²) < 4.78 is 50.1. The van der Waals surface area contributed by atoms with Crippen LogP contribution in [-0.4, -0.2) is 41.6 Å². The lowest BCUT2D eigenvalue weighted by Gasteiger charge is -2.14. The Morgan fingerprint density at radius 3 is 2.43 bits per heavy atom. The number of ether oxygens (including phenoxy) is 1. The largest absolute Gasteiger partial charge is 0.480 e. The van der Waals surface area contributed by atoms with Crippen molar-refractivity contribution in [3.05, 3.63) is 60.0 Å². The van der Waals surface area contributed by atoms with Crippen molar-refractivity contribution in [2.75, 3.05) is 29.1 Å². The quantitative estimate of drug-likeness (QED) is 0.133. The van der Waals surface area contributed by atoms with Crippen LogP contribution in [0.4, 0.5) is 16.0 Å². The highest BCUT2D eigenvalue weighted by atomic mass is 32.2. The Kier molecular flexibility index (Phi) is 13.3. The Balaban J connectivity index is 0.000000676. The van der Waals surface area contributed by atoms with Gasteiger partial charge >= 0.3 is 0 Å². The van der Waals surface area contributed by atoms with Gasteiger partial charge in [0.15, 0.2) is 0 Å². The summed E-state index contributed by atoms with van der Waals surface area (Å²) in [5.41, 5.74) is 10.0. The molecule has 0 spiro atoms. The molecule has 4 aromatic rings. The molecule has 0 saturated heterocycles. The van der Waals surface area contributed by atoms with E-state index in [0.717, 1.165) is 42.4 Å². The second kappa shape index (κ2) is 16.7. The van der Waals surface area contributed by atoms with Gasteiger partial charge in [-0.3, -0.25) is 4.72 Å². The van der Waals surface area contributed by atoms with Crippen molar-refractivity contribution in [2.24, 2.45) is 5.92 Å². The fourth-order valence-electron chi connectivity index (χ4n) is 4.62. The Hall–Kier alpha value is -3.31. The van der Waals surface area contributed by atoms with Gasteiger partial charge in [-0.05, 0) is 91.5 Å². The number of benzene rings is 2. The zero-order chi connectivity index (χ0) is 32.3. The maximum atomic E-state index is 14.4. The number of aryl methyl sites for hydroxylation is 2. The molecule has 1 unspecified atom stereocenters. The Labute approximate surface area is 266 Å². The molecule has 0 amide bonds. The second-order valence-electron chi connectivity index (χ2n) is 10.9. The smallest absolute Gasteiger partial charge is 0.264 e. The first kappa shape index (κ1) is 35.2. The van der Waals surface area contributed by atoms with E-state index in [4.69, 9.17) is 10.5 Å². The van der Waals surface area contributed by atoms with Gasteiger partial charge in [-0.25, -0.2) is 22.8 Å². The van der Waals surface area contributed by atoms with Crippen LogP contribution in [0.3, 0.4) is 0 Å². The molecule has 0 bridgehead atoms. The molecular weight excluding hydrogens is 598 g/mol. The Morgan fingerprint density at radius 1 is 1.07 bits per heavy atom. The maximum absolute atomic E-state index is 14.4. The van der Waals surface area contributed by atoms with E-state index in [9.17, 15) is 12.8 Å². The molecule has 0 aliphatic carbocycles. The zero-order valence-electron chi connectivity index (χ0n) is 26.7. The SMILES string of the molecule is CCC(C)CCCn1c(N)nc2ccc(-c3cnc(OC)c(NS(=O)(=O)c4ccc(C)cc4F)c3)cc21.CCCSCCC. The number of nitrogens with two attached hydrogens (primary N) is 1. The van der Waals surface area contributed by atoms with Crippen LogP contribution in [0.25, 0.3) is 22.2 Å². The summed E-state index contributed by atoms with van der Waals surface area (Å²) in [5.74, 6) is 3.02. The predicted octanol–water partition coefficient (Wildman–Crippen LogP) is 8.30. The fourth-order valence-corrected chi connectivity index (χ4v) is 6.51. The van der Waals surface area contributed by atoms with Gasteiger partial charge in [-0.1, -0.05) is 46.2 Å². The van der Waals surface area contributed by atoms with Gasteiger partial charge in [0.1, 0.15) is 16.4 Å². The van der Waals surface area contributed by atoms with Gasteiger partial charge in [0.25, 0.3) is 10.0 Å². The third kappa shape index (κ3) is 9.34. The summed E-state index contributed by atoms with van der Waals surface area (Å²) in [4.78, 5) is 8.31. The maximum Gasteiger partial charge on any atom is 0.264 e. The number of anilines is 2. The Morgan fingerprint density at radius 2 is 1.80 bits per heavy atom. The number of rotatable bonds is 14. The lowest BCUT2D eigenvalue weighted by Crippen LogP contribution is -2.15. The molecule has 4 rings (SSSR count). The van der Waals surface area contributed by atoms with Crippen LogP contribution in [0.2, 0.25) is 0 Å². The van der Waals surface area contributed by atoms with E-state index >= 15 is 0 Å². The van der Waals surface area contributed by atoms with Crippen LogP contribution in [0.5, 0.6) is 5.88 Å². The van der Waals surface area contributed by atoms with E-state index in [-0.39, 0.29) is 11.6 Å². The molecule has 44 heavy (non-hydrogen) atoms. The van der Waals surface area contributed by atoms with Crippen molar-refractivity contribution in [1.82, 2.24) is 14.5 Å². The summed E-state index contributed by atoms with van der Waals surface area (Å²) in [6, 6.07) is 11.3. The molecule has 0 saturated carbocycles. The van der Waals surface area contributed by atoms with Gasteiger partial charge in [0, 0.05) is 18.3 Å². The average Bonchev–Trinajstić information content (AvgIpc) is 3.31. The number of halogens is 1. The number of thioether (sulfide) groups is 1. The minimum atomic E-state index is -4.23. The number of sulfonamides is 1. The number of pyridine rings is 1. The third-order valence-corrected chi connectivity index (χ3v) is 10.0. The highest BCUT2D eigenvalue weighted by Crippen LogP contribution is 2.32. The molecule has 2 aromatic carbocycles. The van der Waals surface area contributed by atoms with Crippen LogP contribution >= 0.6 is 11.8 Å². The number of nitrogens with zero attached hydrogens (tertiary/aromatic N) is 3. The molecule has 2 heterocycles. The Bertz CT molecular complexity index is 1620. The topological polar surface area (TPSA) is 112 Å². The summed E-state index contributed by atoms with van der Waals surface area (Å²) >= 11 is 2.05. The van der Waals surface area contributed by atoms with Gasteiger partial charge in [-0.2, -0.15) is 11.8 Å². The van der Waals surface area contributed by atoms with Crippen molar-refractivity contribution < 1.29 is 17.5 Å². The first-order valence-corrected chi connectivity index (χ1v) is 17.8. The molecule has 0 radical (unpaired) electrons. The number of nitrogens with one attached hydrogen (secondary N) is 1. The molecule has 11 heteroatoms. The van der Waals surface area contributed by atoms with Crippen LogP contribution in [0.1, 0.15) is 65.4 Å². The third-order valence-electron chi connectivity index (χ3n) is 7.25. The minimum absolute atomic E-state index is 0.0697. The molecule has 0 aliphatic heterocycles. The van der Waals surface area contributed by atoms with E-state index in [1.807, 2.05) is 22.8 Å². The van der Waals surface area contributed by atoms with E-state index in [1.54, 1.807) is 19.2 Å². The molecule has 1 atom stereocenters. The zero-order valence-corrected chi connectivity index (χ0v) is 28.3. The minimum Gasteiger partial charge on any atom is -0.480 e. The summed E-state index contributed by atoms with van der Waals surface area (Å²) in [6.07, 6.45) is 7.47. The van der Waals surface area contributed by atoms with Crippen LogP contribution in [0.15, 0.2) is 53.6 Å². The standard InChI is InChI=1S/C27H32FN5O3S.C6H14S/c1-5-17(2)7-6-12-33-24-15-19(9-10-22(24)31-27(33)29)20-14-23(26(36-4)30-16-20)32-37(34,35)25-11-8-18(3)13-21(25)28;1-3-5-7-6-4-2/h8-11,13-17,32H,5-7,12H2,1-4H3,(H2,29,31);3-6H2,1-2H3. The first-order chi connectivity index (χ1) is 21.0. The van der Waals surface area contributed by atoms with Gasteiger partial charge in [0.2, 0.25) is 11.8 Å². The molecule has 240 valence electrons. The number of aromatic nitrogens is 3. The van der Waals surface area contributed by atoms with Crippen molar-refractivity contribution in [2.45, 2.75) is 78.2 Å². The molecule has 0 aliphatic rings. The normalized spacial score (nSPS) is 12.1. The molecule has 8 nitrogen and oxygen atoms in total. The van der Waals surface area contributed by atoms with Crippen molar-refractivity contribution in [1.29, 1.82) is 0 Å². The number of nitrogen functional groups attached to an aromatic ring is 1. The number of fused-ring (bicyclic) bond motifs is 1. The highest BCUT2D eigenvalue weighted by Gasteiger charge is 2.22. The lowest BCUT2D eigenvalue weighted by molar-refractivity contribution is 0.400. The number of hydrogen-bond donors (Lipinski definition) is 2. The number of hydrogen-bond acceptors (Lipinski definition) is 7. The molecule has 0 fully saturated rings. The second-order valence-corrected chi connectivity index (χ2v) is 13.8. The van der Waals surface area contributed by atoms with Gasteiger partial charge < -0.3 is 15.0 Å². The molecule has 2 aromatic heterocycles. The average molecular weight is 644 g/mol. The number of imidazole rings is 1. The van der Waals surface area contributed by atoms with Crippen LogP contribution < -0.4 is 15.2 Å². The van der Waals surface area contributed by atoms with E-state index in [1.165, 1.54) is 49.7 Å². The van der Waals surface area contributed by atoms with Crippen molar-refractivity contribution >= 4 is 44.5 Å². The fraction of sp³-hybridized carbons (Fsp3) is 0.455. The van der Waals surface area contributed by atoms with Crippen LogP contribution in [0, 0.1) is 18.7 Å². The van der Waals surface area contributed by atoms with E-state index in [0.29, 0.717) is 23.0 Å². The predicted molar refractivity (Wildman–Crippen MR) is 182 cm³/mol. The van der Waals surface area contributed by atoms with E-state index < -0.39 is 20.7 Å². The van der Waals surface area contributed by atoms with Gasteiger partial charge in [-0.15, -0.1) is 0 Å². The molecular formula is C33H46FN5O3S2. The first-order valence-electron chi connectivity index (χ1n) is 15.2. The lowest BCUT2D eigenvalue weighted by atomic mass is 10.0. The van der Waals surface area contributed by atoms with Crippen molar-refractivity contribution in [3.63, 3.8) is 0 Å². The van der Waals surface area contributed by atoms with Crippen molar-refractivity contribution in [3.8, 4) is 17.0 Å². The van der Waals surface area contributed by atoms with E-state index in [2.05, 4.69) is 54.1 Å². The van der Waals surface area contributed by atoms with Gasteiger partial charge in [0.05, 0.1) is 18.1 Å². The summed E-state index contributed by atoms with van der Waals surface area (Å²) in [7, 11) is -2.84. The molecule has 3 N–H and O–H groups in total. The highest BCUT2D eigenvalue weighted by molar-refractivity contribution is 7.99. The van der Waals surface area contributed by atoms with Crippen LogP contribution in [-0.2, 0) is 16.6 Å². The summed E-state index contributed by atoms with van der Waals surface area (Å²) in [5, 5.41) is 0. The number of methoxy groups -OCH3 is 1. The summed E-state index contributed by atoms with van der Waals surface area (Å²) in [6.45, 7) is 11.3. The monoisotopic (exact) mass is 643 g/mol.